The average molecular weight is 400 g/mol. The Kier molecular flexibility index (Phi) is 4.21. The van der Waals surface area contributed by atoms with Crippen LogP contribution in [0.15, 0.2) is 78.6 Å². The molecule has 1 unspecified atom stereocenters. The van der Waals surface area contributed by atoms with Crippen LogP contribution in [-0.4, -0.2) is 28.6 Å². The Morgan fingerprint density at radius 2 is 1.80 bits per heavy atom. The molecule has 0 radical (unpaired) electrons. The first-order chi connectivity index (χ1) is 14.6. The number of hydrogen-bond acceptors (Lipinski definition) is 6. The third kappa shape index (κ3) is 2.79. The van der Waals surface area contributed by atoms with Crippen LogP contribution >= 0.6 is 0 Å². The third-order valence-electron chi connectivity index (χ3n) is 5.13. The summed E-state index contributed by atoms with van der Waals surface area (Å²) in [4.78, 5) is 31.5. The van der Waals surface area contributed by atoms with Crippen molar-refractivity contribution in [3.63, 3.8) is 0 Å². The van der Waals surface area contributed by atoms with Gasteiger partial charge in [0, 0.05) is 11.8 Å². The molecule has 2 aromatic carbocycles. The number of hydrogen-bond donors (Lipinski definition) is 1. The van der Waals surface area contributed by atoms with E-state index in [1.165, 1.54) is 11.1 Å². The standard InChI is InChI=1S/C23H16N2O5/c26-21(14-5-2-1-3-6-14)19-20(15-8-9-17-18(11-15)30-13-29-17)25(23(28)22(19)27)16-7-4-10-24-12-16/h1-12,20,26H,13H2/b21-19+. The van der Waals surface area contributed by atoms with E-state index >= 15 is 0 Å². The summed E-state index contributed by atoms with van der Waals surface area (Å²) in [6, 6.07) is 16.4. The van der Waals surface area contributed by atoms with E-state index in [-0.39, 0.29) is 18.1 Å². The number of amides is 1. The van der Waals surface area contributed by atoms with E-state index in [9.17, 15) is 14.7 Å². The first-order valence-electron chi connectivity index (χ1n) is 9.31. The number of benzene rings is 2. The fourth-order valence-electron chi connectivity index (χ4n) is 3.75. The van der Waals surface area contributed by atoms with Crippen LogP contribution in [0.4, 0.5) is 5.69 Å². The molecule has 0 aliphatic carbocycles. The van der Waals surface area contributed by atoms with E-state index in [0.29, 0.717) is 28.3 Å². The number of aliphatic hydroxyl groups excluding tert-OH is 1. The highest BCUT2D eigenvalue weighted by Crippen LogP contribution is 2.44. The second-order valence-corrected chi connectivity index (χ2v) is 6.86. The highest BCUT2D eigenvalue weighted by Gasteiger charge is 2.47. The van der Waals surface area contributed by atoms with Crippen LogP contribution in [0.3, 0.4) is 0 Å². The van der Waals surface area contributed by atoms with Crippen molar-refractivity contribution >= 4 is 23.1 Å². The van der Waals surface area contributed by atoms with Crippen molar-refractivity contribution < 1.29 is 24.2 Å². The van der Waals surface area contributed by atoms with Gasteiger partial charge in [-0.05, 0) is 29.8 Å². The Bertz CT molecular complexity index is 1170. The molecule has 1 amide bonds. The van der Waals surface area contributed by atoms with Crippen molar-refractivity contribution in [3.05, 3.63) is 89.8 Å². The molecule has 0 bridgehead atoms. The van der Waals surface area contributed by atoms with Crippen molar-refractivity contribution in [1.82, 2.24) is 4.98 Å². The third-order valence-corrected chi connectivity index (χ3v) is 5.13. The number of ether oxygens (including phenoxy) is 2. The largest absolute Gasteiger partial charge is 0.507 e. The molecule has 148 valence electrons. The van der Waals surface area contributed by atoms with Crippen molar-refractivity contribution in [3.8, 4) is 11.5 Å². The number of ketones is 1. The van der Waals surface area contributed by atoms with Gasteiger partial charge in [0.25, 0.3) is 11.7 Å². The molecular formula is C23H16N2O5. The van der Waals surface area contributed by atoms with Gasteiger partial charge in [-0.3, -0.25) is 19.5 Å². The number of aliphatic hydroxyl groups is 1. The molecule has 1 N–H and O–H groups in total. The first kappa shape index (κ1) is 17.9. The number of nitrogens with zero attached hydrogens (tertiary/aromatic N) is 2. The Hall–Kier alpha value is -4.13. The summed E-state index contributed by atoms with van der Waals surface area (Å²) in [6.45, 7) is 0.103. The Morgan fingerprint density at radius 3 is 2.57 bits per heavy atom. The lowest BCUT2D eigenvalue weighted by Gasteiger charge is -2.25. The molecule has 2 aliphatic heterocycles. The Balaban J connectivity index is 1.73. The molecule has 0 spiro atoms. The Morgan fingerprint density at radius 1 is 1.00 bits per heavy atom. The van der Waals surface area contributed by atoms with E-state index in [2.05, 4.69) is 4.98 Å². The molecule has 1 atom stereocenters. The van der Waals surface area contributed by atoms with Crippen LogP contribution in [-0.2, 0) is 9.59 Å². The number of Topliss-reactive ketones (excluding diaryl/α,β-unsaturated/α-hetero) is 1. The van der Waals surface area contributed by atoms with Crippen LogP contribution in [0.25, 0.3) is 5.76 Å². The van der Waals surface area contributed by atoms with Crippen LogP contribution in [0.1, 0.15) is 17.2 Å². The molecule has 7 heteroatoms. The van der Waals surface area contributed by atoms with Crippen molar-refractivity contribution in [1.29, 1.82) is 0 Å². The van der Waals surface area contributed by atoms with Gasteiger partial charge < -0.3 is 14.6 Å². The number of carbonyl (C=O) groups excluding carboxylic acids is 2. The quantitative estimate of drug-likeness (QED) is 0.412. The number of rotatable bonds is 3. The lowest BCUT2D eigenvalue weighted by Crippen LogP contribution is -2.29. The maximum atomic E-state index is 13.0. The fraction of sp³-hybridized carbons (Fsp3) is 0.0870. The molecule has 30 heavy (non-hydrogen) atoms. The molecule has 0 saturated carbocycles. The Labute approximate surface area is 171 Å². The lowest BCUT2D eigenvalue weighted by atomic mass is 9.95. The SMILES string of the molecule is O=C1C(=O)N(c2cccnc2)C(c2ccc3c(c2)OCO3)/C1=C(\O)c1ccccc1. The highest BCUT2D eigenvalue weighted by molar-refractivity contribution is 6.51. The minimum atomic E-state index is -0.844. The number of aromatic nitrogens is 1. The zero-order chi connectivity index (χ0) is 20.7. The minimum Gasteiger partial charge on any atom is -0.507 e. The van der Waals surface area contributed by atoms with E-state index < -0.39 is 17.7 Å². The summed E-state index contributed by atoms with van der Waals surface area (Å²) in [7, 11) is 0. The van der Waals surface area contributed by atoms with Gasteiger partial charge in [-0.15, -0.1) is 0 Å². The molecule has 1 saturated heterocycles. The van der Waals surface area contributed by atoms with E-state index in [1.54, 1.807) is 66.9 Å². The lowest BCUT2D eigenvalue weighted by molar-refractivity contribution is -0.132. The average Bonchev–Trinajstić information content (AvgIpc) is 3.36. The zero-order valence-electron chi connectivity index (χ0n) is 15.7. The monoisotopic (exact) mass is 400 g/mol. The van der Waals surface area contributed by atoms with Crippen molar-refractivity contribution in [2.24, 2.45) is 0 Å². The second-order valence-electron chi connectivity index (χ2n) is 6.86. The van der Waals surface area contributed by atoms with Crippen LogP contribution in [0, 0.1) is 0 Å². The van der Waals surface area contributed by atoms with Gasteiger partial charge in [0.2, 0.25) is 6.79 Å². The maximum Gasteiger partial charge on any atom is 0.300 e. The van der Waals surface area contributed by atoms with Gasteiger partial charge in [0.1, 0.15) is 5.76 Å². The maximum absolute atomic E-state index is 13.0. The molecule has 3 heterocycles. The summed E-state index contributed by atoms with van der Waals surface area (Å²) in [5.41, 5.74) is 1.52. The fourth-order valence-corrected chi connectivity index (χ4v) is 3.75. The molecule has 2 aliphatic rings. The second kappa shape index (κ2) is 7.04. The van der Waals surface area contributed by atoms with Gasteiger partial charge in [0.15, 0.2) is 11.5 Å². The molecule has 3 aromatic rings. The van der Waals surface area contributed by atoms with E-state index in [0.717, 1.165) is 0 Å². The van der Waals surface area contributed by atoms with E-state index in [1.807, 2.05) is 0 Å². The molecular weight excluding hydrogens is 384 g/mol. The number of pyridine rings is 1. The summed E-state index contributed by atoms with van der Waals surface area (Å²) >= 11 is 0. The number of carbonyl (C=O) groups is 2. The first-order valence-corrected chi connectivity index (χ1v) is 9.31. The summed E-state index contributed by atoms with van der Waals surface area (Å²) in [6.07, 6.45) is 3.09. The van der Waals surface area contributed by atoms with Gasteiger partial charge >= 0.3 is 0 Å². The summed E-state index contributed by atoms with van der Waals surface area (Å²) in [5, 5.41) is 11.0. The normalized spacial score (nSPS) is 19.3. The predicted molar refractivity (Wildman–Crippen MR) is 108 cm³/mol. The predicted octanol–water partition coefficient (Wildman–Crippen LogP) is 3.44. The molecule has 7 nitrogen and oxygen atoms in total. The van der Waals surface area contributed by atoms with Crippen molar-refractivity contribution in [2.75, 3.05) is 11.7 Å². The van der Waals surface area contributed by atoms with Crippen LogP contribution in [0.2, 0.25) is 0 Å². The van der Waals surface area contributed by atoms with E-state index in [4.69, 9.17) is 9.47 Å². The minimum absolute atomic E-state index is 0.00826. The summed E-state index contributed by atoms with van der Waals surface area (Å²) < 4.78 is 10.8. The van der Waals surface area contributed by atoms with Gasteiger partial charge in [-0.25, -0.2) is 0 Å². The van der Waals surface area contributed by atoms with Gasteiger partial charge in [-0.2, -0.15) is 0 Å². The summed E-state index contributed by atoms with van der Waals surface area (Å²) in [5.74, 6) is -0.627. The van der Waals surface area contributed by atoms with Gasteiger partial charge in [0.05, 0.1) is 23.5 Å². The van der Waals surface area contributed by atoms with Gasteiger partial charge in [-0.1, -0.05) is 36.4 Å². The topological polar surface area (TPSA) is 89.0 Å². The molecule has 5 rings (SSSR count). The zero-order valence-corrected chi connectivity index (χ0v) is 15.7. The smallest absolute Gasteiger partial charge is 0.300 e. The van der Waals surface area contributed by atoms with Crippen molar-refractivity contribution in [2.45, 2.75) is 6.04 Å². The van der Waals surface area contributed by atoms with Crippen LogP contribution < -0.4 is 14.4 Å². The number of fused-ring (bicyclic) bond motifs is 1. The highest BCUT2D eigenvalue weighted by atomic mass is 16.7. The van der Waals surface area contributed by atoms with Crippen LogP contribution in [0.5, 0.6) is 11.5 Å². The molecule has 1 fully saturated rings. The number of anilines is 1. The molecule has 1 aromatic heterocycles.